The van der Waals surface area contributed by atoms with Crippen LogP contribution in [0.25, 0.3) is 10.9 Å². The fraction of sp³-hybridized carbons (Fsp3) is 0.222. The van der Waals surface area contributed by atoms with Crippen molar-refractivity contribution < 1.29 is 13.2 Å². The number of benzene rings is 1. The van der Waals surface area contributed by atoms with E-state index in [0.717, 1.165) is 10.9 Å². The smallest absolute Gasteiger partial charge is 0.322 e. The Bertz CT molecular complexity index is 1200. The summed E-state index contributed by atoms with van der Waals surface area (Å²) in [6.45, 7) is 4.19. The zero-order valence-corrected chi connectivity index (χ0v) is 16.9. The van der Waals surface area contributed by atoms with Gasteiger partial charge >= 0.3 is 6.01 Å². The maximum absolute atomic E-state index is 12.5. The first-order chi connectivity index (χ1) is 13.5. The first-order valence-electron chi connectivity index (χ1n) is 8.70. The molecule has 0 spiro atoms. The SMILES string of the molecule is CCn1c(Oc2ccc3cc[nH]c3c2)nnc1[C@@H](C)NS(=O)(=O)c1ccsc1. The average molecular weight is 418 g/mol. The molecule has 0 saturated heterocycles. The van der Waals surface area contributed by atoms with Crippen LogP contribution in [-0.4, -0.2) is 28.2 Å². The molecule has 4 rings (SSSR count). The molecule has 0 aliphatic rings. The lowest BCUT2D eigenvalue weighted by Gasteiger charge is -2.15. The number of rotatable bonds is 7. The lowest BCUT2D eigenvalue weighted by Crippen LogP contribution is -2.28. The third kappa shape index (κ3) is 3.53. The molecule has 1 aromatic carbocycles. The van der Waals surface area contributed by atoms with Crippen LogP contribution in [0.2, 0.25) is 0 Å². The van der Waals surface area contributed by atoms with Gasteiger partial charge in [0, 0.05) is 29.7 Å². The highest BCUT2D eigenvalue weighted by Crippen LogP contribution is 2.26. The van der Waals surface area contributed by atoms with Crippen molar-refractivity contribution in [2.45, 2.75) is 31.3 Å². The van der Waals surface area contributed by atoms with E-state index in [1.165, 1.54) is 11.3 Å². The van der Waals surface area contributed by atoms with Crippen LogP contribution in [-0.2, 0) is 16.6 Å². The minimum absolute atomic E-state index is 0.239. The second-order valence-corrected chi connectivity index (χ2v) is 8.71. The van der Waals surface area contributed by atoms with Crippen LogP contribution in [0, 0.1) is 0 Å². The maximum atomic E-state index is 12.5. The molecule has 0 radical (unpaired) electrons. The molecule has 146 valence electrons. The Morgan fingerprint density at radius 2 is 2.14 bits per heavy atom. The molecule has 0 saturated carbocycles. The van der Waals surface area contributed by atoms with Crippen molar-refractivity contribution in [1.82, 2.24) is 24.5 Å². The van der Waals surface area contributed by atoms with Crippen LogP contribution in [0.4, 0.5) is 0 Å². The summed E-state index contributed by atoms with van der Waals surface area (Å²) < 4.78 is 35.3. The first kappa shape index (κ1) is 18.7. The van der Waals surface area contributed by atoms with E-state index < -0.39 is 16.1 Å². The zero-order valence-electron chi connectivity index (χ0n) is 15.3. The molecule has 0 unspecified atom stereocenters. The van der Waals surface area contributed by atoms with Crippen LogP contribution in [0.5, 0.6) is 11.8 Å². The third-order valence-electron chi connectivity index (χ3n) is 4.32. The van der Waals surface area contributed by atoms with Gasteiger partial charge in [-0.3, -0.25) is 4.57 Å². The van der Waals surface area contributed by atoms with Gasteiger partial charge in [-0.15, -0.1) is 5.10 Å². The highest BCUT2D eigenvalue weighted by atomic mass is 32.2. The molecule has 0 aliphatic carbocycles. The number of hydrogen-bond acceptors (Lipinski definition) is 6. The molecule has 4 aromatic rings. The Morgan fingerprint density at radius 1 is 1.29 bits per heavy atom. The molecule has 10 heteroatoms. The second kappa shape index (κ2) is 7.38. The van der Waals surface area contributed by atoms with Gasteiger partial charge in [0.25, 0.3) is 0 Å². The van der Waals surface area contributed by atoms with Crippen molar-refractivity contribution in [3.8, 4) is 11.8 Å². The number of H-pyrrole nitrogens is 1. The van der Waals surface area contributed by atoms with Gasteiger partial charge in [0.1, 0.15) is 5.75 Å². The summed E-state index contributed by atoms with van der Waals surface area (Å²) in [5, 5.41) is 12.7. The van der Waals surface area contributed by atoms with E-state index in [0.29, 0.717) is 24.1 Å². The summed E-state index contributed by atoms with van der Waals surface area (Å²) in [5.41, 5.74) is 0.956. The van der Waals surface area contributed by atoms with E-state index in [2.05, 4.69) is 19.9 Å². The van der Waals surface area contributed by atoms with Crippen molar-refractivity contribution in [2.75, 3.05) is 0 Å². The average Bonchev–Trinajstić information content (AvgIpc) is 3.41. The van der Waals surface area contributed by atoms with Gasteiger partial charge < -0.3 is 9.72 Å². The molecule has 2 N–H and O–H groups in total. The maximum Gasteiger partial charge on any atom is 0.322 e. The normalized spacial score (nSPS) is 13.1. The predicted octanol–water partition coefficient (Wildman–Crippen LogP) is 3.67. The molecular formula is C18H19N5O3S2. The molecule has 0 bridgehead atoms. The number of ether oxygens (including phenoxy) is 1. The number of nitrogens with one attached hydrogen (secondary N) is 2. The monoisotopic (exact) mass is 417 g/mol. The fourth-order valence-electron chi connectivity index (χ4n) is 2.95. The van der Waals surface area contributed by atoms with Gasteiger partial charge in [-0.2, -0.15) is 11.3 Å². The number of hydrogen-bond donors (Lipinski definition) is 2. The van der Waals surface area contributed by atoms with Gasteiger partial charge in [0.05, 0.1) is 10.9 Å². The minimum Gasteiger partial charge on any atom is -0.424 e. The van der Waals surface area contributed by atoms with Crippen molar-refractivity contribution in [3.05, 3.63) is 53.1 Å². The highest BCUT2D eigenvalue weighted by molar-refractivity contribution is 7.89. The summed E-state index contributed by atoms with van der Waals surface area (Å²) in [5.74, 6) is 1.10. The Balaban J connectivity index is 1.58. The third-order valence-corrected chi connectivity index (χ3v) is 6.69. The molecular weight excluding hydrogens is 398 g/mol. The van der Waals surface area contributed by atoms with Crippen LogP contribution in [0.1, 0.15) is 25.7 Å². The van der Waals surface area contributed by atoms with E-state index >= 15 is 0 Å². The molecule has 3 aromatic heterocycles. The van der Waals surface area contributed by atoms with Gasteiger partial charge in [-0.25, -0.2) is 13.1 Å². The Morgan fingerprint density at radius 3 is 2.89 bits per heavy atom. The number of aromatic nitrogens is 4. The number of sulfonamides is 1. The van der Waals surface area contributed by atoms with E-state index in [1.807, 2.05) is 37.4 Å². The molecule has 1 atom stereocenters. The lowest BCUT2D eigenvalue weighted by molar-refractivity contribution is 0.408. The minimum atomic E-state index is -3.62. The number of fused-ring (bicyclic) bond motifs is 1. The number of nitrogens with zero attached hydrogens (tertiary/aromatic N) is 3. The molecule has 0 amide bonds. The Kier molecular flexibility index (Phi) is 4.92. The van der Waals surface area contributed by atoms with Crippen LogP contribution < -0.4 is 9.46 Å². The summed E-state index contributed by atoms with van der Waals surface area (Å²) >= 11 is 1.33. The Hall–Kier alpha value is -2.69. The highest BCUT2D eigenvalue weighted by Gasteiger charge is 2.24. The van der Waals surface area contributed by atoms with E-state index in [-0.39, 0.29) is 4.90 Å². The van der Waals surface area contributed by atoms with Crippen molar-refractivity contribution in [3.63, 3.8) is 0 Å². The van der Waals surface area contributed by atoms with Crippen LogP contribution in [0.3, 0.4) is 0 Å². The second-order valence-electron chi connectivity index (χ2n) is 6.22. The van der Waals surface area contributed by atoms with Crippen LogP contribution >= 0.6 is 11.3 Å². The Labute approximate surface area is 166 Å². The molecule has 8 nitrogen and oxygen atoms in total. The molecule has 3 heterocycles. The van der Waals surface area contributed by atoms with E-state index in [1.54, 1.807) is 28.3 Å². The first-order valence-corrected chi connectivity index (χ1v) is 11.1. The van der Waals surface area contributed by atoms with Crippen LogP contribution in [0.15, 0.2) is 52.2 Å². The summed E-state index contributed by atoms with van der Waals surface area (Å²) in [6, 6.07) is 8.97. The van der Waals surface area contributed by atoms with Crippen molar-refractivity contribution in [2.24, 2.45) is 0 Å². The quantitative estimate of drug-likeness (QED) is 0.478. The van der Waals surface area contributed by atoms with E-state index in [4.69, 9.17) is 4.74 Å². The summed E-state index contributed by atoms with van der Waals surface area (Å²) in [7, 11) is -3.62. The summed E-state index contributed by atoms with van der Waals surface area (Å²) in [4.78, 5) is 3.38. The van der Waals surface area contributed by atoms with Crippen molar-refractivity contribution in [1.29, 1.82) is 0 Å². The van der Waals surface area contributed by atoms with Gasteiger partial charge in [0.2, 0.25) is 10.0 Å². The summed E-state index contributed by atoms with van der Waals surface area (Å²) in [6.07, 6.45) is 1.86. The zero-order chi connectivity index (χ0) is 19.7. The largest absolute Gasteiger partial charge is 0.424 e. The van der Waals surface area contributed by atoms with Crippen molar-refractivity contribution >= 4 is 32.3 Å². The number of thiophene rings is 1. The predicted molar refractivity (Wildman–Crippen MR) is 107 cm³/mol. The number of aromatic amines is 1. The van der Waals surface area contributed by atoms with Gasteiger partial charge in [-0.1, -0.05) is 5.10 Å². The van der Waals surface area contributed by atoms with E-state index in [9.17, 15) is 8.42 Å². The molecule has 0 aliphatic heterocycles. The standard InChI is InChI=1S/C18H19N5O3S2/c1-3-23-17(12(2)22-28(24,25)15-7-9-27-11-15)20-21-18(23)26-14-5-4-13-6-8-19-16(13)10-14/h4-12,19,22H,3H2,1-2H3/t12-/m1/s1. The molecule has 28 heavy (non-hydrogen) atoms. The lowest BCUT2D eigenvalue weighted by atomic mass is 10.2. The fourth-order valence-corrected chi connectivity index (χ4v) is 5.18. The van der Waals surface area contributed by atoms with Gasteiger partial charge in [-0.05, 0) is 48.9 Å². The topological polar surface area (TPSA) is 102 Å². The molecule has 0 fully saturated rings. The van der Waals surface area contributed by atoms with Gasteiger partial charge in [0.15, 0.2) is 5.82 Å².